The van der Waals surface area contributed by atoms with Crippen LogP contribution in [0, 0.1) is 0 Å². The molecule has 0 aliphatic rings. The van der Waals surface area contributed by atoms with Gasteiger partial charge in [0.05, 0.1) is 21.3 Å². The molecule has 0 amide bonds. The van der Waals surface area contributed by atoms with E-state index in [0.29, 0.717) is 23.8 Å². The van der Waals surface area contributed by atoms with E-state index < -0.39 is 5.97 Å². The number of carbonyl (C=O) groups is 1. The van der Waals surface area contributed by atoms with E-state index >= 15 is 0 Å². The molecule has 0 aromatic heterocycles. The number of rotatable bonds is 7. The highest BCUT2D eigenvalue weighted by Crippen LogP contribution is 2.38. The van der Waals surface area contributed by atoms with Crippen LogP contribution in [0.4, 0.5) is 0 Å². The van der Waals surface area contributed by atoms with Crippen LogP contribution < -0.4 is 19.5 Å². The number of nitrogens with one attached hydrogen (secondary N) is 1. The Morgan fingerprint density at radius 1 is 1.16 bits per heavy atom. The Morgan fingerprint density at radius 2 is 1.74 bits per heavy atom. The molecule has 1 N–H and O–H groups in total. The van der Waals surface area contributed by atoms with Crippen molar-refractivity contribution in [3.8, 4) is 17.2 Å². The maximum Gasteiger partial charge on any atom is 0.343 e. The van der Waals surface area contributed by atoms with Gasteiger partial charge in [0.15, 0.2) is 18.1 Å². The van der Waals surface area contributed by atoms with Crippen molar-refractivity contribution in [3.05, 3.63) is 17.7 Å². The van der Waals surface area contributed by atoms with Crippen LogP contribution in [0.3, 0.4) is 0 Å². The Hall–Kier alpha value is -1.95. The number of ether oxygens (including phenoxy) is 4. The van der Waals surface area contributed by atoms with Gasteiger partial charge in [-0.05, 0) is 24.7 Å². The van der Waals surface area contributed by atoms with E-state index in [-0.39, 0.29) is 6.61 Å². The summed E-state index contributed by atoms with van der Waals surface area (Å²) >= 11 is 0. The van der Waals surface area contributed by atoms with Crippen molar-refractivity contribution >= 4 is 5.97 Å². The fourth-order valence-electron chi connectivity index (χ4n) is 1.57. The molecule has 0 spiro atoms. The Morgan fingerprint density at radius 3 is 2.16 bits per heavy atom. The van der Waals surface area contributed by atoms with E-state index in [0.717, 1.165) is 5.56 Å². The Kier molecular flexibility index (Phi) is 5.95. The minimum Gasteiger partial charge on any atom is -0.493 e. The van der Waals surface area contributed by atoms with Crippen molar-refractivity contribution in [2.24, 2.45) is 0 Å². The van der Waals surface area contributed by atoms with Crippen LogP contribution in [-0.2, 0) is 16.1 Å². The maximum absolute atomic E-state index is 11.1. The first-order valence-corrected chi connectivity index (χ1v) is 5.75. The molecule has 0 fully saturated rings. The monoisotopic (exact) mass is 269 g/mol. The van der Waals surface area contributed by atoms with E-state index in [1.165, 1.54) is 21.3 Å². The smallest absolute Gasteiger partial charge is 0.343 e. The summed E-state index contributed by atoms with van der Waals surface area (Å²) in [5.41, 5.74) is 0.988. The molecule has 0 unspecified atom stereocenters. The Bertz CT molecular complexity index is 408. The zero-order valence-electron chi connectivity index (χ0n) is 11.6. The number of methoxy groups -OCH3 is 3. The number of esters is 1. The van der Waals surface area contributed by atoms with Gasteiger partial charge in [-0.1, -0.05) is 0 Å². The number of hydrogen-bond acceptors (Lipinski definition) is 6. The summed E-state index contributed by atoms with van der Waals surface area (Å²) < 4.78 is 20.4. The van der Waals surface area contributed by atoms with Crippen LogP contribution in [0.2, 0.25) is 0 Å². The molecular weight excluding hydrogens is 250 g/mol. The van der Waals surface area contributed by atoms with E-state index in [1.807, 2.05) is 19.2 Å². The standard InChI is InChI=1S/C13H19NO5/c1-14-7-9-5-10(16-2)13(11(6-9)17-3)19-8-12(15)18-4/h5-6,14H,7-8H2,1-4H3. The van der Waals surface area contributed by atoms with Gasteiger partial charge in [-0.15, -0.1) is 0 Å². The molecule has 1 aromatic rings. The zero-order valence-corrected chi connectivity index (χ0v) is 11.6. The van der Waals surface area contributed by atoms with Crippen LogP contribution in [0.15, 0.2) is 12.1 Å². The van der Waals surface area contributed by atoms with Crippen molar-refractivity contribution in [3.63, 3.8) is 0 Å². The second-order valence-electron chi connectivity index (χ2n) is 3.72. The van der Waals surface area contributed by atoms with E-state index in [2.05, 4.69) is 10.1 Å². The quantitative estimate of drug-likeness (QED) is 0.744. The molecule has 19 heavy (non-hydrogen) atoms. The van der Waals surface area contributed by atoms with Crippen molar-refractivity contribution in [1.82, 2.24) is 5.32 Å². The second-order valence-corrected chi connectivity index (χ2v) is 3.72. The molecule has 6 nitrogen and oxygen atoms in total. The van der Waals surface area contributed by atoms with Gasteiger partial charge in [-0.3, -0.25) is 0 Å². The fraction of sp³-hybridized carbons (Fsp3) is 0.462. The lowest BCUT2D eigenvalue weighted by molar-refractivity contribution is -0.142. The van der Waals surface area contributed by atoms with Gasteiger partial charge >= 0.3 is 5.97 Å². The maximum atomic E-state index is 11.1. The molecule has 0 heterocycles. The summed E-state index contributed by atoms with van der Waals surface area (Å²) in [6, 6.07) is 3.65. The molecule has 6 heteroatoms. The molecular formula is C13H19NO5. The van der Waals surface area contributed by atoms with Crippen LogP contribution in [-0.4, -0.2) is 41.0 Å². The number of benzene rings is 1. The van der Waals surface area contributed by atoms with Gasteiger partial charge in [-0.25, -0.2) is 4.79 Å². The first-order chi connectivity index (χ1) is 9.15. The van der Waals surface area contributed by atoms with Crippen LogP contribution in [0.1, 0.15) is 5.56 Å². The topological polar surface area (TPSA) is 66.0 Å². The first-order valence-electron chi connectivity index (χ1n) is 5.75. The van der Waals surface area contributed by atoms with E-state index in [1.54, 1.807) is 0 Å². The molecule has 1 rings (SSSR count). The van der Waals surface area contributed by atoms with Gasteiger partial charge in [-0.2, -0.15) is 0 Å². The third-order valence-corrected chi connectivity index (χ3v) is 2.46. The summed E-state index contributed by atoms with van der Waals surface area (Å²) in [4.78, 5) is 11.1. The van der Waals surface area contributed by atoms with E-state index in [9.17, 15) is 4.79 Å². The molecule has 0 bridgehead atoms. The predicted octanol–water partition coefficient (Wildman–Crippen LogP) is 0.975. The van der Waals surface area contributed by atoms with Crippen molar-refractivity contribution in [2.75, 3.05) is 35.0 Å². The minimum absolute atomic E-state index is 0.200. The Labute approximate surface area is 112 Å². The predicted molar refractivity (Wildman–Crippen MR) is 69.8 cm³/mol. The molecule has 0 atom stereocenters. The second kappa shape index (κ2) is 7.48. The minimum atomic E-state index is -0.469. The summed E-state index contributed by atoms with van der Waals surface area (Å²) in [6.07, 6.45) is 0. The molecule has 0 aliphatic heterocycles. The lowest BCUT2D eigenvalue weighted by Crippen LogP contribution is -2.14. The van der Waals surface area contributed by atoms with Gasteiger partial charge < -0.3 is 24.3 Å². The third-order valence-electron chi connectivity index (χ3n) is 2.46. The lowest BCUT2D eigenvalue weighted by atomic mass is 10.2. The normalized spacial score (nSPS) is 9.89. The Balaban J connectivity index is 3.02. The molecule has 1 aromatic carbocycles. The highest BCUT2D eigenvalue weighted by atomic mass is 16.6. The lowest BCUT2D eigenvalue weighted by Gasteiger charge is -2.15. The van der Waals surface area contributed by atoms with Crippen molar-refractivity contribution < 1.29 is 23.7 Å². The molecule has 0 aliphatic carbocycles. The zero-order chi connectivity index (χ0) is 14.3. The first kappa shape index (κ1) is 15.1. The highest BCUT2D eigenvalue weighted by molar-refractivity contribution is 5.71. The number of hydrogen-bond donors (Lipinski definition) is 1. The van der Waals surface area contributed by atoms with Crippen LogP contribution in [0.5, 0.6) is 17.2 Å². The SMILES string of the molecule is CNCc1cc(OC)c(OCC(=O)OC)c(OC)c1. The van der Waals surface area contributed by atoms with Gasteiger partial charge in [0.1, 0.15) is 0 Å². The van der Waals surface area contributed by atoms with E-state index in [4.69, 9.17) is 14.2 Å². The highest BCUT2D eigenvalue weighted by Gasteiger charge is 2.15. The third kappa shape index (κ3) is 4.03. The van der Waals surface area contributed by atoms with Crippen molar-refractivity contribution in [1.29, 1.82) is 0 Å². The van der Waals surface area contributed by atoms with Crippen molar-refractivity contribution in [2.45, 2.75) is 6.54 Å². The largest absolute Gasteiger partial charge is 0.493 e. The fourth-order valence-corrected chi connectivity index (χ4v) is 1.57. The van der Waals surface area contributed by atoms with Gasteiger partial charge in [0.25, 0.3) is 0 Å². The molecule has 0 saturated heterocycles. The summed E-state index contributed by atoms with van der Waals surface area (Å²) in [5.74, 6) is 0.931. The molecule has 106 valence electrons. The molecule has 0 radical (unpaired) electrons. The van der Waals surface area contributed by atoms with Crippen LogP contribution >= 0.6 is 0 Å². The number of carbonyl (C=O) groups excluding carboxylic acids is 1. The molecule has 0 saturated carbocycles. The average molecular weight is 269 g/mol. The average Bonchev–Trinajstić information content (AvgIpc) is 2.44. The summed E-state index contributed by atoms with van der Waals surface area (Å²) in [5, 5.41) is 3.04. The van der Waals surface area contributed by atoms with Crippen LogP contribution in [0.25, 0.3) is 0 Å². The summed E-state index contributed by atoms with van der Waals surface area (Å²) in [7, 11) is 6.21. The van der Waals surface area contributed by atoms with Gasteiger partial charge in [0.2, 0.25) is 5.75 Å². The van der Waals surface area contributed by atoms with Gasteiger partial charge in [0, 0.05) is 6.54 Å². The summed E-state index contributed by atoms with van der Waals surface area (Å²) in [6.45, 7) is 0.471.